The van der Waals surface area contributed by atoms with E-state index in [4.69, 9.17) is 16.6 Å². The minimum Gasteiger partial charge on any atom is -0.467 e. The molecule has 2 N–H and O–H groups in total. The van der Waals surface area contributed by atoms with E-state index in [2.05, 4.69) is 5.92 Å². The van der Waals surface area contributed by atoms with Crippen LogP contribution in [0.3, 0.4) is 0 Å². The highest BCUT2D eigenvalue weighted by Crippen LogP contribution is 2.07. The van der Waals surface area contributed by atoms with Crippen LogP contribution >= 0.6 is 0 Å². The molecule has 0 saturated heterocycles. The third-order valence-electron chi connectivity index (χ3n) is 1.03. The molecule has 0 aliphatic rings. The third-order valence-corrected chi connectivity index (χ3v) is 1.03. The average molecular weight is 121 g/mol. The summed E-state index contributed by atoms with van der Waals surface area (Å²) in [4.78, 5) is 0. The summed E-state index contributed by atoms with van der Waals surface area (Å²) in [7, 11) is 0. The van der Waals surface area contributed by atoms with Crippen LogP contribution in [0.1, 0.15) is 11.8 Å². The number of hydrogen-bond donors (Lipinski definition) is 1. The maximum absolute atomic E-state index is 5.41. The maximum Gasteiger partial charge on any atom is 0.132 e. The van der Waals surface area contributed by atoms with Gasteiger partial charge in [-0.2, -0.15) is 0 Å². The van der Waals surface area contributed by atoms with E-state index in [1.165, 1.54) is 0 Å². The molecule has 46 valence electrons. The van der Waals surface area contributed by atoms with Gasteiger partial charge in [-0.1, -0.05) is 5.92 Å². The summed E-state index contributed by atoms with van der Waals surface area (Å²) in [6.07, 6.45) is 6.58. The topological polar surface area (TPSA) is 39.2 Å². The largest absolute Gasteiger partial charge is 0.467 e. The highest BCUT2D eigenvalue weighted by atomic mass is 16.3. The van der Waals surface area contributed by atoms with E-state index < -0.39 is 6.04 Å². The third kappa shape index (κ3) is 1.13. The SMILES string of the molecule is C#C[C@H](N)c1ccco1. The first-order chi connectivity index (χ1) is 4.34. The molecule has 1 rings (SSSR count). The Morgan fingerprint density at radius 2 is 2.56 bits per heavy atom. The number of rotatable bonds is 1. The summed E-state index contributed by atoms with van der Waals surface area (Å²) >= 11 is 0. The Morgan fingerprint density at radius 1 is 1.78 bits per heavy atom. The van der Waals surface area contributed by atoms with Crippen LogP contribution in [0.15, 0.2) is 22.8 Å². The van der Waals surface area contributed by atoms with Crippen molar-refractivity contribution in [2.45, 2.75) is 6.04 Å². The van der Waals surface area contributed by atoms with Gasteiger partial charge in [0.15, 0.2) is 0 Å². The van der Waals surface area contributed by atoms with Gasteiger partial charge in [-0.3, -0.25) is 0 Å². The smallest absolute Gasteiger partial charge is 0.132 e. The summed E-state index contributed by atoms with van der Waals surface area (Å²) in [5.41, 5.74) is 5.41. The molecular weight excluding hydrogens is 114 g/mol. The van der Waals surface area contributed by atoms with E-state index in [0.717, 1.165) is 0 Å². The lowest BCUT2D eigenvalue weighted by atomic mass is 10.2. The van der Waals surface area contributed by atoms with Crippen LogP contribution in [0.2, 0.25) is 0 Å². The van der Waals surface area contributed by atoms with Gasteiger partial charge in [-0.15, -0.1) is 6.42 Å². The number of terminal acetylenes is 1. The van der Waals surface area contributed by atoms with Crippen molar-refractivity contribution >= 4 is 0 Å². The van der Waals surface area contributed by atoms with Crippen molar-refractivity contribution in [3.05, 3.63) is 24.2 Å². The lowest BCUT2D eigenvalue weighted by molar-refractivity contribution is 0.498. The first kappa shape index (κ1) is 5.93. The standard InChI is InChI=1S/C7H7NO/c1-2-6(8)7-4-3-5-9-7/h1,3-6H,8H2/t6-/m0/s1. The van der Waals surface area contributed by atoms with E-state index in [1.54, 1.807) is 18.4 Å². The van der Waals surface area contributed by atoms with Gasteiger partial charge in [0.2, 0.25) is 0 Å². The Kier molecular flexibility index (Phi) is 1.57. The van der Waals surface area contributed by atoms with E-state index in [-0.39, 0.29) is 0 Å². The summed E-state index contributed by atoms with van der Waals surface area (Å²) in [5, 5.41) is 0. The molecule has 1 aromatic heterocycles. The van der Waals surface area contributed by atoms with Crippen LogP contribution in [0.5, 0.6) is 0 Å². The Bertz CT molecular complexity index is 207. The normalized spacial score (nSPS) is 12.4. The second kappa shape index (κ2) is 2.38. The summed E-state index contributed by atoms with van der Waals surface area (Å²) in [6, 6.07) is 3.11. The zero-order chi connectivity index (χ0) is 6.69. The summed E-state index contributed by atoms with van der Waals surface area (Å²) in [6.45, 7) is 0. The monoisotopic (exact) mass is 121 g/mol. The van der Waals surface area contributed by atoms with Gasteiger partial charge >= 0.3 is 0 Å². The van der Waals surface area contributed by atoms with E-state index in [0.29, 0.717) is 5.76 Å². The molecule has 0 unspecified atom stereocenters. The molecule has 0 radical (unpaired) electrons. The van der Waals surface area contributed by atoms with Gasteiger partial charge in [0.25, 0.3) is 0 Å². The number of furan rings is 1. The Balaban J connectivity index is 2.80. The molecule has 0 amide bonds. The Labute approximate surface area is 53.7 Å². The number of nitrogens with two attached hydrogens (primary N) is 1. The molecule has 0 bridgehead atoms. The first-order valence-electron chi connectivity index (χ1n) is 2.59. The van der Waals surface area contributed by atoms with Crippen molar-refractivity contribution < 1.29 is 4.42 Å². The van der Waals surface area contributed by atoms with Crippen molar-refractivity contribution in [1.82, 2.24) is 0 Å². The molecule has 0 saturated carbocycles. The molecule has 0 aliphatic carbocycles. The van der Waals surface area contributed by atoms with Crippen molar-refractivity contribution in [3.8, 4) is 12.3 Å². The zero-order valence-corrected chi connectivity index (χ0v) is 4.87. The van der Waals surface area contributed by atoms with Gasteiger partial charge in [-0.05, 0) is 12.1 Å². The van der Waals surface area contributed by atoms with Crippen molar-refractivity contribution in [2.24, 2.45) is 5.73 Å². The minimum absolute atomic E-state index is 0.403. The van der Waals surface area contributed by atoms with Crippen LogP contribution in [-0.2, 0) is 0 Å². The van der Waals surface area contributed by atoms with Crippen molar-refractivity contribution in [3.63, 3.8) is 0 Å². The quantitative estimate of drug-likeness (QED) is 0.561. The molecule has 0 spiro atoms. The maximum atomic E-state index is 5.41. The highest BCUT2D eigenvalue weighted by molar-refractivity contribution is 5.13. The molecule has 0 aliphatic heterocycles. The van der Waals surface area contributed by atoms with Gasteiger partial charge in [0, 0.05) is 0 Å². The van der Waals surface area contributed by atoms with Crippen LogP contribution in [0.4, 0.5) is 0 Å². The van der Waals surface area contributed by atoms with Crippen LogP contribution in [0.25, 0.3) is 0 Å². The van der Waals surface area contributed by atoms with Gasteiger partial charge in [0.1, 0.15) is 11.8 Å². The molecular formula is C7H7NO. The molecule has 1 atom stereocenters. The molecule has 2 nitrogen and oxygen atoms in total. The van der Waals surface area contributed by atoms with Gasteiger partial charge in [0.05, 0.1) is 6.26 Å². The molecule has 0 fully saturated rings. The fourth-order valence-electron chi connectivity index (χ4n) is 0.550. The van der Waals surface area contributed by atoms with Crippen LogP contribution < -0.4 is 5.73 Å². The highest BCUT2D eigenvalue weighted by Gasteiger charge is 2.01. The summed E-state index contributed by atoms with van der Waals surface area (Å²) in [5.74, 6) is 2.99. The number of hydrogen-bond acceptors (Lipinski definition) is 2. The second-order valence-electron chi connectivity index (χ2n) is 1.66. The van der Waals surface area contributed by atoms with Crippen LogP contribution in [0, 0.1) is 12.3 Å². The van der Waals surface area contributed by atoms with E-state index >= 15 is 0 Å². The Morgan fingerprint density at radius 3 is 3.00 bits per heavy atom. The summed E-state index contributed by atoms with van der Waals surface area (Å²) < 4.78 is 4.92. The minimum atomic E-state index is -0.403. The first-order valence-corrected chi connectivity index (χ1v) is 2.59. The fraction of sp³-hybridized carbons (Fsp3) is 0.143. The molecule has 1 aromatic rings. The molecule has 9 heavy (non-hydrogen) atoms. The Hall–Kier alpha value is -1.20. The zero-order valence-electron chi connectivity index (χ0n) is 4.87. The molecule has 2 heteroatoms. The van der Waals surface area contributed by atoms with Crippen molar-refractivity contribution in [2.75, 3.05) is 0 Å². The van der Waals surface area contributed by atoms with E-state index in [1.807, 2.05) is 0 Å². The second-order valence-corrected chi connectivity index (χ2v) is 1.66. The van der Waals surface area contributed by atoms with Crippen molar-refractivity contribution in [1.29, 1.82) is 0 Å². The predicted molar refractivity (Wildman–Crippen MR) is 34.5 cm³/mol. The lowest BCUT2D eigenvalue weighted by Gasteiger charge is -1.95. The van der Waals surface area contributed by atoms with Gasteiger partial charge in [-0.25, -0.2) is 0 Å². The molecule has 1 heterocycles. The van der Waals surface area contributed by atoms with Gasteiger partial charge < -0.3 is 10.2 Å². The predicted octanol–water partition coefficient (Wildman–Crippen LogP) is 0.913. The molecule has 0 aromatic carbocycles. The fourth-order valence-corrected chi connectivity index (χ4v) is 0.550. The lowest BCUT2D eigenvalue weighted by Crippen LogP contribution is -2.05. The average Bonchev–Trinajstić information content (AvgIpc) is 2.37. The van der Waals surface area contributed by atoms with Crippen LogP contribution in [-0.4, -0.2) is 0 Å². The van der Waals surface area contributed by atoms with E-state index in [9.17, 15) is 0 Å².